The van der Waals surface area contributed by atoms with Crippen molar-refractivity contribution in [3.05, 3.63) is 62.1 Å². The number of nitro benzene ring substituents is 1. The van der Waals surface area contributed by atoms with Crippen molar-refractivity contribution in [2.75, 3.05) is 14.2 Å². The molecule has 0 N–H and O–H groups in total. The highest BCUT2D eigenvalue weighted by Gasteiger charge is 2.14. The van der Waals surface area contributed by atoms with E-state index < -0.39 is 10.9 Å². The van der Waals surface area contributed by atoms with Gasteiger partial charge in [-0.1, -0.05) is 15.9 Å². The van der Waals surface area contributed by atoms with E-state index in [1.165, 1.54) is 26.4 Å². The summed E-state index contributed by atoms with van der Waals surface area (Å²) >= 11 is 3.39. The van der Waals surface area contributed by atoms with Gasteiger partial charge in [-0.05, 0) is 35.4 Å². The van der Waals surface area contributed by atoms with Crippen LogP contribution >= 0.6 is 15.9 Å². The number of nitro groups is 1. The van der Waals surface area contributed by atoms with Crippen molar-refractivity contribution in [1.29, 1.82) is 0 Å². The van der Waals surface area contributed by atoms with Crippen molar-refractivity contribution >= 4 is 27.6 Å². The zero-order chi connectivity index (χ0) is 18.4. The van der Waals surface area contributed by atoms with Gasteiger partial charge in [-0.25, -0.2) is 0 Å². The molecule has 25 heavy (non-hydrogen) atoms. The van der Waals surface area contributed by atoms with Crippen LogP contribution in [0.1, 0.15) is 11.1 Å². The summed E-state index contributed by atoms with van der Waals surface area (Å²) in [6.07, 6.45) is 0.0495. The summed E-state index contributed by atoms with van der Waals surface area (Å²) in [5.74, 6) is 0.646. The molecule has 7 nitrogen and oxygen atoms in total. The number of benzene rings is 2. The maximum Gasteiger partial charge on any atom is 0.310 e. The van der Waals surface area contributed by atoms with Gasteiger partial charge in [0.25, 0.3) is 5.69 Å². The van der Waals surface area contributed by atoms with Crippen molar-refractivity contribution in [2.24, 2.45) is 0 Å². The summed E-state index contributed by atoms with van der Waals surface area (Å²) in [5, 5.41) is 10.6. The zero-order valence-corrected chi connectivity index (χ0v) is 15.2. The molecule has 0 heterocycles. The number of carbonyl (C=O) groups is 1. The van der Waals surface area contributed by atoms with E-state index in [1.807, 2.05) is 0 Å². The van der Waals surface area contributed by atoms with Gasteiger partial charge in [0, 0.05) is 16.6 Å². The molecule has 0 aliphatic rings. The molecular formula is C17H16BrNO6. The number of non-ortho nitro benzene ring substituents is 1. The predicted octanol–water partition coefficient (Wildman–Crippen LogP) is 3.66. The third-order valence-electron chi connectivity index (χ3n) is 3.43. The highest BCUT2D eigenvalue weighted by molar-refractivity contribution is 9.10. The lowest BCUT2D eigenvalue weighted by molar-refractivity contribution is -0.384. The summed E-state index contributed by atoms with van der Waals surface area (Å²) in [4.78, 5) is 22.2. The zero-order valence-electron chi connectivity index (χ0n) is 13.7. The second kappa shape index (κ2) is 8.48. The van der Waals surface area contributed by atoms with E-state index in [0.29, 0.717) is 27.1 Å². The number of halogens is 1. The predicted molar refractivity (Wildman–Crippen MR) is 93.8 cm³/mol. The Kier molecular flexibility index (Phi) is 6.35. The summed E-state index contributed by atoms with van der Waals surface area (Å²) in [7, 11) is 3.05. The lowest BCUT2D eigenvalue weighted by atomic mass is 10.1. The fraction of sp³-hybridized carbons (Fsp3) is 0.235. The molecule has 0 aliphatic heterocycles. The number of esters is 1. The fourth-order valence-electron chi connectivity index (χ4n) is 2.12. The third kappa shape index (κ3) is 4.93. The average Bonchev–Trinajstić information content (AvgIpc) is 2.61. The van der Waals surface area contributed by atoms with Crippen LogP contribution in [0.3, 0.4) is 0 Å². The molecule has 0 aromatic heterocycles. The van der Waals surface area contributed by atoms with Gasteiger partial charge in [0.05, 0.1) is 25.6 Å². The Bertz CT molecular complexity index is 775. The lowest BCUT2D eigenvalue weighted by Crippen LogP contribution is -2.09. The fourth-order valence-corrected chi connectivity index (χ4v) is 2.58. The molecule has 0 saturated carbocycles. The standard InChI is InChI=1S/C17H16BrNO6/c1-23-15-7-12(14(18)9-16(15)24-2)8-17(20)25-10-11-3-5-13(6-4-11)19(21)22/h3-7,9H,8,10H2,1-2H3. The molecule has 132 valence electrons. The van der Waals surface area contributed by atoms with Crippen molar-refractivity contribution in [1.82, 2.24) is 0 Å². The van der Waals surface area contributed by atoms with Gasteiger partial charge in [-0.2, -0.15) is 0 Å². The van der Waals surface area contributed by atoms with Gasteiger partial charge < -0.3 is 14.2 Å². The number of ether oxygens (including phenoxy) is 3. The molecule has 2 aromatic rings. The molecule has 8 heteroatoms. The number of hydrogen-bond donors (Lipinski definition) is 0. The molecule has 0 radical (unpaired) electrons. The monoisotopic (exact) mass is 409 g/mol. The van der Waals surface area contributed by atoms with E-state index in [4.69, 9.17) is 14.2 Å². The molecule has 2 aromatic carbocycles. The summed E-state index contributed by atoms with van der Waals surface area (Å²) < 4.78 is 16.3. The topological polar surface area (TPSA) is 87.9 Å². The van der Waals surface area contributed by atoms with Crippen LogP contribution in [0.15, 0.2) is 40.9 Å². The van der Waals surface area contributed by atoms with Crippen molar-refractivity contribution < 1.29 is 23.9 Å². The highest BCUT2D eigenvalue weighted by atomic mass is 79.9. The molecule has 0 spiro atoms. The number of methoxy groups -OCH3 is 2. The van der Waals surface area contributed by atoms with Crippen LogP contribution in [0.2, 0.25) is 0 Å². The van der Waals surface area contributed by atoms with Crippen LogP contribution in [-0.4, -0.2) is 25.1 Å². The maximum absolute atomic E-state index is 12.0. The molecule has 0 aliphatic carbocycles. The number of nitrogens with zero attached hydrogens (tertiary/aromatic N) is 1. The van der Waals surface area contributed by atoms with Crippen LogP contribution in [0.5, 0.6) is 11.5 Å². The molecule has 0 saturated heterocycles. The molecular weight excluding hydrogens is 394 g/mol. The highest BCUT2D eigenvalue weighted by Crippen LogP contribution is 2.33. The Morgan fingerprint density at radius 3 is 2.28 bits per heavy atom. The number of hydrogen-bond acceptors (Lipinski definition) is 6. The minimum absolute atomic E-state index is 0.00988. The Hall–Kier alpha value is -2.61. The molecule has 0 fully saturated rings. The van der Waals surface area contributed by atoms with Gasteiger partial charge in [0.15, 0.2) is 11.5 Å². The van der Waals surface area contributed by atoms with Crippen molar-refractivity contribution in [3.8, 4) is 11.5 Å². The minimum atomic E-state index is -0.482. The quantitative estimate of drug-likeness (QED) is 0.393. The van der Waals surface area contributed by atoms with E-state index in [9.17, 15) is 14.9 Å². The Balaban J connectivity index is 1.99. The van der Waals surface area contributed by atoms with Crippen LogP contribution in [0.25, 0.3) is 0 Å². The molecule has 0 unspecified atom stereocenters. The van der Waals surface area contributed by atoms with E-state index >= 15 is 0 Å². The smallest absolute Gasteiger partial charge is 0.310 e. The van der Waals surface area contributed by atoms with Crippen molar-refractivity contribution in [2.45, 2.75) is 13.0 Å². The minimum Gasteiger partial charge on any atom is -0.493 e. The van der Waals surface area contributed by atoms with E-state index in [-0.39, 0.29) is 18.7 Å². The van der Waals surface area contributed by atoms with E-state index in [2.05, 4.69) is 15.9 Å². The summed E-state index contributed by atoms with van der Waals surface area (Å²) in [5.41, 5.74) is 1.36. The third-order valence-corrected chi connectivity index (χ3v) is 4.17. The van der Waals surface area contributed by atoms with Crippen LogP contribution in [-0.2, 0) is 22.6 Å². The maximum atomic E-state index is 12.0. The lowest BCUT2D eigenvalue weighted by Gasteiger charge is -2.12. The first-order valence-electron chi connectivity index (χ1n) is 7.24. The first-order chi connectivity index (χ1) is 11.9. The van der Waals surface area contributed by atoms with Crippen LogP contribution in [0.4, 0.5) is 5.69 Å². The summed E-state index contributed by atoms with van der Waals surface area (Å²) in [6.45, 7) is 0.0434. The molecule has 0 bridgehead atoms. The van der Waals surface area contributed by atoms with Crippen molar-refractivity contribution in [3.63, 3.8) is 0 Å². The largest absolute Gasteiger partial charge is 0.493 e. The van der Waals surface area contributed by atoms with Gasteiger partial charge in [0.2, 0.25) is 0 Å². The molecule has 2 rings (SSSR count). The first-order valence-corrected chi connectivity index (χ1v) is 8.03. The average molecular weight is 410 g/mol. The number of rotatable bonds is 7. The second-order valence-corrected chi connectivity index (χ2v) is 5.91. The first kappa shape index (κ1) is 18.7. The van der Waals surface area contributed by atoms with Crippen LogP contribution < -0.4 is 9.47 Å². The Morgan fingerprint density at radius 1 is 1.12 bits per heavy atom. The molecule has 0 amide bonds. The van der Waals surface area contributed by atoms with E-state index in [0.717, 1.165) is 0 Å². The normalized spacial score (nSPS) is 10.2. The number of carbonyl (C=O) groups excluding carboxylic acids is 1. The SMILES string of the molecule is COc1cc(Br)c(CC(=O)OCc2ccc([N+](=O)[O-])cc2)cc1OC. The van der Waals surface area contributed by atoms with Gasteiger partial charge >= 0.3 is 5.97 Å². The van der Waals surface area contributed by atoms with Gasteiger partial charge in [0.1, 0.15) is 6.61 Å². The van der Waals surface area contributed by atoms with E-state index in [1.54, 1.807) is 24.3 Å². The van der Waals surface area contributed by atoms with Gasteiger partial charge in [-0.15, -0.1) is 0 Å². The molecule has 0 atom stereocenters. The summed E-state index contributed by atoms with van der Waals surface area (Å²) in [6, 6.07) is 9.27. The Morgan fingerprint density at radius 2 is 1.72 bits per heavy atom. The van der Waals surface area contributed by atoms with Gasteiger partial charge in [-0.3, -0.25) is 14.9 Å². The van der Waals surface area contributed by atoms with Crippen LogP contribution in [0, 0.1) is 10.1 Å². The Labute approximate surface area is 152 Å². The second-order valence-electron chi connectivity index (χ2n) is 5.06.